The Morgan fingerprint density at radius 2 is 1.47 bits per heavy atom. The van der Waals surface area contributed by atoms with E-state index in [4.69, 9.17) is 22.3 Å². The minimum atomic E-state index is -1.01. The van der Waals surface area contributed by atoms with Gasteiger partial charge in [-0.1, -0.05) is 36.1 Å². The summed E-state index contributed by atoms with van der Waals surface area (Å²) in [5.74, 6) is 3.14. The average molecular weight is 483 g/mol. The van der Waals surface area contributed by atoms with Gasteiger partial charge < -0.3 is 19.9 Å². The molecule has 0 radical (unpaired) electrons. The quantitative estimate of drug-likeness (QED) is 0.376. The highest BCUT2D eigenvalue weighted by molar-refractivity contribution is 5.97. The number of methoxy groups -OCH3 is 1. The Balaban J connectivity index is 1.79. The molecule has 2 aromatic carbocycles. The summed E-state index contributed by atoms with van der Waals surface area (Å²) in [7, 11) is 1.36. The molecule has 0 bridgehead atoms. The monoisotopic (exact) mass is 482 g/mol. The fourth-order valence-electron chi connectivity index (χ4n) is 3.75. The van der Waals surface area contributed by atoms with Gasteiger partial charge in [0, 0.05) is 29.3 Å². The standard InChI is InChI=1S/C29H26N2O5/c1-6-20-8-12-22(13-9-20)25(23-14-10-21(7-2)11-15-23)19(4)36-29(34)18(3)31-28(33)26-27(32)24(35-5)16-17-30-26/h1-2,8-19,25,32H,3-5H3,(H,31,33)/t18-,19-/m0/s1. The number of esters is 1. The van der Waals surface area contributed by atoms with Crippen LogP contribution in [0.2, 0.25) is 0 Å². The van der Waals surface area contributed by atoms with E-state index in [1.165, 1.54) is 26.3 Å². The predicted octanol–water partition coefficient (Wildman–Crippen LogP) is 3.64. The van der Waals surface area contributed by atoms with Crippen LogP contribution in [0, 0.1) is 24.7 Å². The van der Waals surface area contributed by atoms with Gasteiger partial charge in [-0.25, -0.2) is 9.78 Å². The molecule has 0 saturated heterocycles. The number of pyridine rings is 1. The Labute approximate surface area is 210 Å². The third-order valence-electron chi connectivity index (χ3n) is 5.67. The van der Waals surface area contributed by atoms with E-state index >= 15 is 0 Å². The maximum absolute atomic E-state index is 12.9. The molecule has 7 nitrogen and oxygen atoms in total. The minimum absolute atomic E-state index is 0.0913. The van der Waals surface area contributed by atoms with Crippen molar-refractivity contribution in [3.05, 3.63) is 88.7 Å². The second-order valence-corrected chi connectivity index (χ2v) is 8.06. The summed E-state index contributed by atoms with van der Waals surface area (Å²) in [6, 6.07) is 15.3. The van der Waals surface area contributed by atoms with Gasteiger partial charge in [0.2, 0.25) is 0 Å². The smallest absolute Gasteiger partial charge is 0.328 e. The van der Waals surface area contributed by atoms with Gasteiger partial charge >= 0.3 is 5.97 Å². The van der Waals surface area contributed by atoms with Crippen LogP contribution >= 0.6 is 0 Å². The molecule has 0 aliphatic carbocycles. The van der Waals surface area contributed by atoms with Crippen molar-refractivity contribution in [3.8, 4) is 36.2 Å². The van der Waals surface area contributed by atoms with Crippen molar-refractivity contribution in [1.29, 1.82) is 0 Å². The number of terminal acetylenes is 2. The molecule has 182 valence electrons. The molecule has 0 fully saturated rings. The van der Waals surface area contributed by atoms with Crippen molar-refractivity contribution in [1.82, 2.24) is 10.3 Å². The van der Waals surface area contributed by atoms with Crippen LogP contribution in [0.4, 0.5) is 0 Å². The Morgan fingerprint density at radius 1 is 0.944 bits per heavy atom. The van der Waals surface area contributed by atoms with Crippen LogP contribution in [-0.4, -0.2) is 41.2 Å². The van der Waals surface area contributed by atoms with Crippen LogP contribution in [-0.2, 0) is 9.53 Å². The molecule has 0 spiro atoms. The van der Waals surface area contributed by atoms with Crippen molar-refractivity contribution in [2.24, 2.45) is 0 Å². The summed E-state index contributed by atoms with van der Waals surface area (Å²) in [4.78, 5) is 29.4. The first kappa shape index (κ1) is 25.9. The van der Waals surface area contributed by atoms with E-state index < -0.39 is 29.8 Å². The van der Waals surface area contributed by atoms with E-state index in [2.05, 4.69) is 22.1 Å². The molecule has 0 aliphatic heterocycles. The molecule has 0 aliphatic rings. The van der Waals surface area contributed by atoms with Gasteiger partial charge in [0.25, 0.3) is 5.91 Å². The van der Waals surface area contributed by atoms with Gasteiger partial charge in [-0.2, -0.15) is 0 Å². The number of benzene rings is 2. The van der Waals surface area contributed by atoms with E-state index in [1.54, 1.807) is 6.92 Å². The van der Waals surface area contributed by atoms with Crippen LogP contribution in [0.1, 0.15) is 52.5 Å². The fraction of sp³-hybridized carbons (Fsp3) is 0.207. The molecule has 0 saturated carbocycles. The zero-order chi connectivity index (χ0) is 26.2. The van der Waals surface area contributed by atoms with Crippen LogP contribution in [0.3, 0.4) is 0 Å². The molecule has 2 N–H and O–H groups in total. The van der Waals surface area contributed by atoms with E-state index in [0.717, 1.165) is 22.3 Å². The Kier molecular flexibility index (Phi) is 8.33. The number of rotatable bonds is 8. The lowest BCUT2D eigenvalue weighted by atomic mass is 9.86. The van der Waals surface area contributed by atoms with Crippen LogP contribution in [0.15, 0.2) is 60.8 Å². The number of hydrogen-bond acceptors (Lipinski definition) is 6. The summed E-state index contributed by atoms with van der Waals surface area (Å²) in [5.41, 5.74) is 2.99. The maximum Gasteiger partial charge on any atom is 0.328 e. The lowest BCUT2D eigenvalue weighted by Crippen LogP contribution is -2.41. The number of aromatic hydroxyl groups is 1. The van der Waals surface area contributed by atoms with Crippen molar-refractivity contribution >= 4 is 11.9 Å². The van der Waals surface area contributed by atoms with Gasteiger partial charge in [0.05, 0.1) is 7.11 Å². The van der Waals surface area contributed by atoms with Crippen LogP contribution in [0.5, 0.6) is 11.5 Å². The highest BCUT2D eigenvalue weighted by Gasteiger charge is 2.28. The Morgan fingerprint density at radius 3 is 1.94 bits per heavy atom. The molecule has 0 unspecified atom stereocenters. The van der Waals surface area contributed by atoms with Crippen LogP contribution < -0.4 is 10.1 Å². The number of hydrogen-bond donors (Lipinski definition) is 2. The van der Waals surface area contributed by atoms with Crippen molar-refractivity contribution in [2.45, 2.75) is 31.9 Å². The topological polar surface area (TPSA) is 97.8 Å². The van der Waals surface area contributed by atoms with E-state index in [0.29, 0.717) is 0 Å². The van der Waals surface area contributed by atoms with Gasteiger partial charge in [-0.15, -0.1) is 12.8 Å². The molecule has 2 atom stereocenters. The van der Waals surface area contributed by atoms with Gasteiger partial charge in [0.1, 0.15) is 12.1 Å². The summed E-state index contributed by atoms with van der Waals surface area (Å²) in [6.45, 7) is 3.26. The SMILES string of the molecule is C#Cc1ccc(C(c2ccc(C#C)cc2)[C@H](C)OC(=O)[C@H](C)NC(=O)c2nccc(OC)c2O)cc1. The van der Waals surface area contributed by atoms with Crippen molar-refractivity contribution in [2.75, 3.05) is 7.11 Å². The average Bonchev–Trinajstić information content (AvgIpc) is 2.89. The first-order chi connectivity index (χ1) is 17.3. The van der Waals surface area contributed by atoms with Gasteiger partial charge in [-0.05, 0) is 49.2 Å². The van der Waals surface area contributed by atoms with E-state index in [1.807, 2.05) is 48.5 Å². The number of nitrogens with one attached hydrogen (secondary N) is 1. The lowest BCUT2D eigenvalue weighted by Gasteiger charge is -2.26. The summed E-state index contributed by atoms with van der Waals surface area (Å²) in [5, 5.41) is 12.7. The highest BCUT2D eigenvalue weighted by atomic mass is 16.5. The van der Waals surface area contributed by atoms with Crippen molar-refractivity contribution < 1.29 is 24.2 Å². The molecular weight excluding hydrogens is 456 g/mol. The second-order valence-electron chi connectivity index (χ2n) is 8.06. The number of amides is 1. The lowest BCUT2D eigenvalue weighted by molar-refractivity contribution is -0.150. The first-order valence-corrected chi connectivity index (χ1v) is 11.2. The minimum Gasteiger partial charge on any atom is -0.503 e. The molecular formula is C29H26N2O5. The number of aromatic nitrogens is 1. The number of carbonyl (C=O) groups is 2. The first-order valence-electron chi connectivity index (χ1n) is 11.2. The van der Waals surface area contributed by atoms with Gasteiger partial charge in [-0.3, -0.25) is 4.79 Å². The Hall–Kier alpha value is -4.75. The zero-order valence-electron chi connectivity index (χ0n) is 20.2. The molecule has 1 heterocycles. The maximum atomic E-state index is 12.9. The summed E-state index contributed by atoms with van der Waals surface area (Å²) >= 11 is 0. The van der Waals surface area contributed by atoms with Crippen molar-refractivity contribution in [3.63, 3.8) is 0 Å². The molecule has 7 heteroatoms. The summed E-state index contributed by atoms with van der Waals surface area (Å²) < 4.78 is 10.8. The normalized spacial score (nSPS) is 12.1. The second kappa shape index (κ2) is 11.6. The molecule has 1 amide bonds. The number of carbonyl (C=O) groups excluding carboxylic acids is 2. The van der Waals surface area contributed by atoms with Gasteiger partial charge in [0.15, 0.2) is 17.2 Å². The van der Waals surface area contributed by atoms with E-state index in [-0.39, 0.29) is 17.4 Å². The zero-order valence-corrected chi connectivity index (χ0v) is 20.2. The largest absolute Gasteiger partial charge is 0.503 e. The Bertz CT molecular complexity index is 1260. The molecule has 36 heavy (non-hydrogen) atoms. The van der Waals surface area contributed by atoms with E-state index in [9.17, 15) is 14.7 Å². The highest BCUT2D eigenvalue weighted by Crippen LogP contribution is 2.31. The fourth-order valence-corrected chi connectivity index (χ4v) is 3.75. The van der Waals surface area contributed by atoms with Crippen LogP contribution in [0.25, 0.3) is 0 Å². The number of ether oxygens (including phenoxy) is 2. The number of nitrogens with zero attached hydrogens (tertiary/aromatic N) is 1. The molecule has 3 aromatic rings. The summed E-state index contributed by atoms with van der Waals surface area (Å²) in [6.07, 6.45) is 11.7. The third-order valence-corrected chi connectivity index (χ3v) is 5.67. The molecule has 3 rings (SSSR count). The predicted molar refractivity (Wildman–Crippen MR) is 136 cm³/mol. The molecule has 1 aromatic heterocycles. The third kappa shape index (κ3) is 5.84.